The van der Waals surface area contributed by atoms with E-state index in [2.05, 4.69) is 53.7 Å². The average molecular weight is 367 g/mol. The molecule has 0 amide bonds. The third kappa shape index (κ3) is 5.75. The molecule has 3 heteroatoms. The van der Waals surface area contributed by atoms with E-state index < -0.39 is 0 Å². The Morgan fingerprint density at radius 2 is 1.64 bits per heavy atom. The number of hydrogen-bond acceptors (Lipinski definition) is 1. The maximum absolute atomic E-state index is 2.67. The molecular formula is C19H31BrN2. The van der Waals surface area contributed by atoms with Crippen molar-refractivity contribution in [2.75, 3.05) is 19.6 Å². The van der Waals surface area contributed by atoms with Gasteiger partial charge in [-0.05, 0) is 24.8 Å². The first-order valence-corrected chi connectivity index (χ1v) is 8.74. The van der Waals surface area contributed by atoms with Crippen molar-refractivity contribution in [3.05, 3.63) is 35.9 Å². The SMILES string of the molecule is CCCCN(CCCC)C1=[N+](Cc2ccccc2)CCC1.[Br-]. The van der Waals surface area contributed by atoms with Crippen LogP contribution in [0.15, 0.2) is 30.3 Å². The summed E-state index contributed by atoms with van der Waals surface area (Å²) in [7, 11) is 0. The maximum Gasteiger partial charge on any atom is 0.247 e. The van der Waals surface area contributed by atoms with Gasteiger partial charge < -0.3 is 17.0 Å². The Balaban J connectivity index is 0.00000242. The van der Waals surface area contributed by atoms with Crippen LogP contribution in [0.5, 0.6) is 0 Å². The predicted molar refractivity (Wildman–Crippen MR) is 90.9 cm³/mol. The van der Waals surface area contributed by atoms with Crippen LogP contribution in [0.3, 0.4) is 0 Å². The highest BCUT2D eigenvalue weighted by Gasteiger charge is 2.26. The number of amidine groups is 1. The highest BCUT2D eigenvalue weighted by atomic mass is 79.9. The number of hydrogen-bond donors (Lipinski definition) is 0. The van der Waals surface area contributed by atoms with Crippen molar-refractivity contribution in [3.8, 4) is 0 Å². The van der Waals surface area contributed by atoms with Crippen LogP contribution >= 0.6 is 0 Å². The average Bonchev–Trinajstić information content (AvgIpc) is 2.96. The lowest BCUT2D eigenvalue weighted by Crippen LogP contribution is -3.00. The van der Waals surface area contributed by atoms with Gasteiger partial charge in [0.25, 0.3) is 0 Å². The van der Waals surface area contributed by atoms with Gasteiger partial charge in [0.15, 0.2) is 0 Å². The lowest BCUT2D eigenvalue weighted by atomic mass is 10.2. The Morgan fingerprint density at radius 1 is 1.00 bits per heavy atom. The van der Waals surface area contributed by atoms with Crippen molar-refractivity contribution in [3.63, 3.8) is 0 Å². The molecule has 0 N–H and O–H groups in total. The molecule has 2 nitrogen and oxygen atoms in total. The molecule has 0 aromatic heterocycles. The number of unbranched alkanes of at least 4 members (excludes halogenated alkanes) is 2. The van der Waals surface area contributed by atoms with Crippen molar-refractivity contribution in [1.82, 2.24) is 4.90 Å². The molecule has 1 heterocycles. The van der Waals surface area contributed by atoms with Crippen molar-refractivity contribution in [2.45, 2.75) is 58.9 Å². The van der Waals surface area contributed by atoms with Gasteiger partial charge in [-0.25, -0.2) is 0 Å². The van der Waals surface area contributed by atoms with Crippen LogP contribution in [0.4, 0.5) is 0 Å². The molecule has 2 rings (SSSR count). The summed E-state index contributed by atoms with van der Waals surface area (Å²) in [6.45, 7) is 9.34. The van der Waals surface area contributed by atoms with Crippen LogP contribution in [-0.2, 0) is 6.54 Å². The van der Waals surface area contributed by atoms with E-state index in [1.54, 1.807) is 5.84 Å². The molecule has 0 saturated carbocycles. The fourth-order valence-electron chi connectivity index (χ4n) is 3.12. The fraction of sp³-hybridized carbons (Fsp3) is 0.632. The first-order valence-electron chi connectivity index (χ1n) is 8.74. The van der Waals surface area contributed by atoms with Crippen LogP contribution < -0.4 is 17.0 Å². The van der Waals surface area contributed by atoms with Crippen LogP contribution in [0.1, 0.15) is 57.9 Å². The molecule has 0 radical (unpaired) electrons. The Hall–Kier alpha value is -0.830. The number of nitrogens with zero attached hydrogens (tertiary/aromatic N) is 2. The van der Waals surface area contributed by atoms with Gasteiger partial charge in [0.05, 0.1) is 26.1 Å². The smallest absolute Gasteiger partial charge is 0.247 e. The van der Waals surface area contributed by atoms with Gasteiger partial charge in [0, 0.05) is 0 Å². The highest BCUT2D eigenvalue weighted by molar-refractivity contribution is 5.78. The second-order valence-corrected chi connectivity index (χ2v) is 6.12. The Kier molecular flexibility index (Phi) is 9.45. The van der Waals surface area contributed by atoms with E-state index in [1.807, 2.05) is 0 Å². The van der Waals surface area contributed by atoms with Gasteiger partial charge in [-0.1, -0.05) is 57.0 Å². The summed E-state index contributed by atoms with van der Waals surface area (Å²) in [5, 5.41) is 0. The van der Waals surface area contributed by atoms with E-state index in [0.717, 1.165) is 6.54 Å². The van der Waals surface area contributed by atoms with Crippen molar-refractivity contribution < 1.29 is 21.6 Å². The topological polar surface area (TPSA) is 6.25 Å². The molecule has 1 aliphatic heterocycles. The molecule has 0 saturated heterocycles. The van der Waals surface area contributed by atoms with Gasteiger partial charge in [-0.3, -0.25) is 9.48 Å². The minimum atomic E-state index is 0. The minimum absolute atomic E-state index is 0. The summed E-state index contributed by atoms with van der Waals surface area (Å²) in [6, 6.07) is 10.9. The molecule has 0 spiro atoms. The van der Waals surface area contributed by atoms with E-state index in [4.69, 9.17) is 0 Å². The predicted octanol–water partition coefficient (Wildman–Crippen LogP) is 1.30. The highest BCUT2D eigenvalue weighted by Crippen LogP contribution is 2.14. The van der Waals surface area contributed by atoms with Crippen LogP contribution in [0.25, 0.3) is 0 Å². The lowest BCUT2D eigenvalue weighted by Gasteiger charge is -2.19. The van der Waals surface area contributed by atoms with Gasteiger partial charge >= 0.3 is 0 Å². The van der Waals surface area contributed by atoms with E-state index in [9.17, 15) is 0 Å². The van der Waals surface area contributed by atoms with E-state index in [1.165, 1.54) is 63.7 Å². The molecule has 0 bridgehead atoms. The zero-order chi connectivity index (χ0) is 14.9. The summed E-state index contributed by atoms with van der Waals surface area (Å²) in [5.41, 5.74) is 1.43. The molecule has 1 aliphatic rings. The molecule has 124 valence electrons. The quantitative estimate of drug-likeness (QED) is 0.628. The molecule has 0 unspecified atom stereocenters. The minimum Gasteiger partial charge on any atom is -1.00 e. The normalized spacial score (nSPS) is 14.1. The summed E-state index contributed by atoms with van der Waals surface area (Å²) < 4.78 is 2.61. The van der Waals surface area contributed by atoms with E-state index in [-0.39, 0.29) is 17.0 Å². The standard InChI is InChI=1S/C19H31N2.BrH/c1-3-5-14-20(15-6-4-2)19-13-10-16-21(19)17-18-11-8-7-9-12-18;/h7-9,11-12H,3-6,10,13-17H2,1-2H3;1H/q+1;/p-1. The molecule has 1 aromatic carbocycles. The molecule has 0 atom stereocenters. The Morgan fingerprint density at radius 3 is 2.23 bits per heavy atom. The molecular weight excluding hydrogens is 336 g/mol. The van der Waals surface area contributed by atoms with E-state index >= 15 is 0 Å². The zero-order valence-corrected chi connectivity index (χ0v) is 15.8. The number of benzene rings is 1. The first kappa shape index (κ1) is 19.2. The van der Waals surface area contributed by atoms with Crippen LogP contribution in [0, 0.1) is 0 Å². The van der Waals surface area contributed by atoms with Gasteiger partial charge in [-0.2, -0.15) is 0 Å². The largest absolute Gasteiger partial charge is 1.00 e. The van der Waals surface area contributed by atoms with Gasteiger partial charge in [0.2, 0.25) is 5.84 Å². The third-order valence-corrected chi connectivity index (χ3v) is 4.34. The van der Waals surface area contributed by atoms with Crippen LogP contribution in [-0.4, -0.2) is 34.9 Å². The molecule has 0 aliphatic carbocycles. The van der Waals surface area contributed by atoms with Gasteiger partial charge in [-0.15, -0.1) is 0 Å². The summed E-state index contributed by atoms with van der Waals surface area (Å²) in [6.07, 6.45) is 7.78. The summed E-state index contributed by atoms with van der Waals surface area (Å²) in [5.74, 6) is 1.60. The second-order valence-electron chi connectivity index (χ2n) is 6.12. The third-order valence-electron chi connectivity index (χ3n) is 4.34. The van der Waals surface area contributed by atoms with Gasteiger partial charge in [0.1, 0.15) is 6.54 Å². The van der Waals surface area contributed by atoms with Crippen molar-refractivity contribution in [1.29, 1.82) is 0 Å². The second kappa shape index (κ2) is 10.8. The number of rotatable bonds is 8. The van der Waals surface area contributed by atoms with E-state index in [0.29, 0.717) is 0 Å². The molecule has 0 fully saturated rings. The Labute approximate surface area is 147 Å². The van der Waals surface area contributed by atoms with Crippen molar-refractivity contribution >= 4 is 5.84 Å². The molecule has 1 aromatic rings. The van der Waals surface area contributed by atoms with Crippen molar-refractivity contribution in [2.24, 2.45) is 0 Å². The molecule has 22 heavy (non-hydrogen) atoms. The first-order chi connectivity index (χ1) is 10.3. The Bertz CT molecular complexity index is 434. The summed E-state index contributed by atoms with van der Waals surface area (Å²) >= 11 is 0. The summed E-state index contributed by atoms with van der Waals surface area (Å²) in [4.78, 5) is 2.67. The zero-order valence-electron chi connectivity index (χ0n) is 14.2. The maximum atomic E-state index is 2.67. The monoisotopic (exact) mass is 366 g/mol. The lowest BCUT2D eigenvalue weighted by molar-refractivity contribution is -0.540. The number of halogens is 1. The van der Waals surface area contributed by atoms with Crippen LogP contribution in [0.2, 0.25) is 0 Å². The fourth-order valence-corrected chi connectivity index (χ4v) is 3.12.